The summed E-state index contributed by atoms with van der Waals surface area (Å²) in [7, 11) is 0. The molecule has 6 nitrogen and oxygen atoms in total. The van der Waals surface area contributed by atoms with Gasteiger partial charge in [0.1, 0.15) is 6.04 Å². The average molecular weight is 324 g/mol. The molecule has 6 heteroatoms. The molecule has 1 aromatic carbocycles. The number of hydrogen-bond acceptors (Lipinski definition) is 3. The highest BCUT2D eigenvalue weighted by Crippen LogP contribution is 2.17. The Hall–Kier alpha value is -2.89. The van der Waals surface area contributed by atoms with Gasteiger partial charge in [0.25, 0.3) is 0 Å². The van der Waals surface area contributed by atoms with Gasteiger partial charge in [0.15, 0.2) is 0 Å². The lowest BCUT2D eigenvalue weighted by Crippen LogP contribution is -2.32. The Morgan fingerprint density at radius 2 is 2.00 bits per heavy atom. The van der Waals surface area contributed by atoms with Crippen LogP contribution in [0.3, 0.4) is 0 Å². The molecule has 1 unspecified atom stereocenters. The normalized spacial score (nSPS) is 12.2. The Morgan fingerprint density at radius 1 is 1.21 bits per heavy atom. The molecule has 2 heterocycles. The van der Waals surface area contributed by atoms with Gasteiger partial charge in [0.05, 0.1) is 17.4 Å². The number of carbonyl (C=O) groups excluding carboxylic acids is 1. The number of pyridine rings is 1. The van der Waals surface area contributed by atoms with Crippen molar-refractivity contribution in [1.29, 1.82) is 0 Å². The Bertz CT molecular complexity index is 897. The average Bonchev–Trinajstić information content (AvgIpc) is 3.03. The number of carbonyl (C=O) groups is 1. The molecule has 3 rings (SSSR count). The largest absolute Gasteiger partial charge is 0.354 e. The summed E-state index contributed by atoms with van der Waals surface area (Å²) in [6, 6.07) is 12.5. The summed E-state index contributed by atoms with van der Waals surface area (Å²) >= 11 is 0. The second-order valence-corrected chi connectivity index (χ2v) is 5.69. The van der Waals surface area contributed by atoms with E-state index in [0.717, 1.165) is 11.0 Å². The molecule has 1 atom stereocenters. The predicted octanol–water partition coefficient (Wildman–Crippen LogP) is 1.97. The van der Waals surface area contributed by atoms with Crippen LogP contribution in [0.15, 0.2) is 59.8 Å². The van der Waals surface area contributed by atoms with Crippen LogP contribution in [0.5, 0.6) is 0 Å². The number of amides is 1. The fraction of sp³-hybridized carbons (Fsp3) is 0.278. The predicted molar refractivity (Wildman–Crippen MR) is 92.8 cm³/mol. The first kappa shape index (κ1) is 16.0. The van der Waals surface area contributed by atoms with Crippen molar-refractivity contribution in [3.63, 3.8) is 0 Å². The van der Waals surface area contributed by atoms with E-state index < -0.39 is 0 Å². The first-order chi connectivity index (χ1) is 11.7. The highest BCUT2D eigenvalue weighted by atomic mass is 16.2. The van der Waals surface area contributed by atoms with Crippen LogP contribution in [0.25, 0.3) is 11.0 Å². The van der Waals surface area contributed by atoms with Crippen LogP contribution in [0.1, 0.15) is 19.4 Å². The summed E-state index contributed by atoms with van der Waals surface area (Å²) in [6.45, 7) is 2.96. The number of aromatic nitrogens is 3. The molecule has 1 amide bonds. The quantitative estimate of drug-likeness (QED) is 0.705. The smallest absolute Gasteiger partial charge is 0.250 e. The van der Waals surface area contributed by atoms with Gasteiger partial charge in [0, 0.05) is 25.4 Å². The summed E-state index contributed by atoms with van der Waals surface area (Å²) in [5.74, 6) is -0.0569. The molecule has 0 aliphatic heterocycles. The van der Waals surface area contributed by atoms with Gasteiger partial charge in [-0.3, -0.25) is 9.59 Å². The monoisotopic (exact) mass is 324 g/mol. The maximum absolute atomic E-state index is 12.3. The van der Waals surface area contributed by atoms with Gasteiger partial charge in [-0.25, -0.2) is 4.98 Å². The Morgan fingerprint density at radius 3 is 2.83 bits per heavy atom. The molecule has 124 valence electrons. The zero-order valence-corrected chi connectivity index (χ0v) is 13.6. The Labute approximate surface area is 139 Å². The lowest BCUT2D eigenvalue weighted by Gasteiger charge is -2.14. The van der Waals surface area contributed by atoms with E-state index in [1.54, 1.807) is 23.2 Å². The second kappa shape index (κ2) is 7.12. The minimum Gasteiger partial charge on any atom is -0.354 e. The van der Waals surface area contributed by atoms with Crippen LogP contribution in [0.2, 0.25) is 0 Å². The molecule has 24 heavy (non-hydrogen) atoms. The topological polar surface area (TPSA) is 68.9 Å². The zero-order chi connectivity index (χ0) is 16.9. The third kappa shape index (κ3) is 3.37. The molecular weight excluding hydrogens is 304 g/mol. The van der Waals surface area contributed by atoms with E-state index in [2.05, 4.69) is 10.3 Å². The zero-order valence-electron chi connectivity index (χ0n) is 13.6. The van der Waals surface area contributed by atoms with E-state index >= 15 is 0 Å². The third-order valence-electron chi connectivity index (χ3n) is 4.05. The summed E-state index contributed by atoms with van der Waals surface area (Å²) in [5.41, 5.74) is 1.79. The minimum atomic E-state index is -0.336. The van der Waals surface area contributed by atoms with Crippen molar-refractivity contribution in [2.75, 3.05) is 6.54 Å². The van der Waals surface area contributed by atoms with E-state index in [-0.39, 0.29) is 17.5 Å². The van der Waals surface area contributed by atoms with Gasteiger partial charge >= 0.3 is 0 Å². The SMILES string of the molecule is CC(C(=O)NCCCn1ccccc1=O)n1cnc2ccccc21. The van der Waals surface area contributed by atoms with Gasteiger partial charge in [-0.2, -0.15) is 0 Å². The lowest BCUT2D eigenvalue weighted by atomic mass is 10.2. The fourth-order valence-corrected chi connectivity index (χ4v) is 2.67. The number of nitrogens with zero attached hydrogens (tertiary/aromatic N) is 3. The van der Waals surface area contributed by atoms with Crippen molar-refractivity contribution >= 4 is 16.9 Å². The van der Waals surface area contributed by atoms with E-state index in [0.29, 0.717) is 19.5 Å². The standard InChI is InChI=1S/C18H20N4O2/c1-14(22-13-20-15-7-2-3-8-16(15)22)18(24)19-10-6-12-21-11-5-4-9-17(21)23/h2-5,7-9,11,13-14H,6,10,12H2,1H3,(H,19,24). The fourth-order valence-electron chi connectivity index (χ4n) is 2.67. The lowest BCUT2D eigenvalue weighted by molar-refractivity contribution is -0.123. The van der Waals surface area contributed by atoms with Crippen molar-refractivity contribution < 1.29 is 4.79 Å². The molecule has 0 aliphatic carbocycles. The van der Waals surface area contributed by atoms with Crippen LogP contribution in [-0.4, -0.2) is 26.6 Å². The van der Waals surface area contributed by atoms with Crippen LogP contribution >= 0.6 is 0 Å². The van der Waals surface area contributed by atoms with Crippen molar-refractivity contribution in [3.05, 3.63) is 65.3 Å². The number of para-hydroxylation sites is 2. The molecular formula is C18H20N4O2. The molecule has 0 radical (unpaired) electrons. The first-order valence-electron chi connectivity index (χ1n) is 8.01. The molecule has 0 spiro atoms. The maximum Gasteiger partial charge on any atom is 0.250 e. The van der Waals surface area contributed by atoms with Crippen LogP contribution in [0.4, 0.5) is 0 Å². The summed E-state index contributed by atoms with van der Waals surface area (Å²) in [4.78, 5) is 28.2. The van der Waals surface area contributed by atoms with Gasteiger partial charge < -0.3 is 14.5 Å². The molecule has 0 saturated carbocycles. The van der Waals surface area contributed by atoms with Gasteiger partial charge in [-0.1, -0.05) is 18.2 Å². The highest BCUT2D eigenvalue weighted by Gasteiger charge is 2.16. The van der Waals surface area contributed by atoms with Crippen molar-refractivity contribution in [1.82, 2.24) is 19.4 Å². The number of hydrogen-bond donors (Lipinski definition) is 1. The molecule has 0 fully saturated rings. The molecule has 3 aromatic rings. The molecule has 1 N–H and O–H groups in total. The maximum atomic E-state index is 12.3. The number of imidazole rings is 1. The minimum absolute atomic E-state index is 0.0259. The second-order valence-electron chi connectivity index (χ2n) is 5.69. The van der Waals surface area contributed by atoms with Gasteiger partial charge in [0.2, 0.25) is 11.5 Å². The third-order valence-corrected chi connectivity index (χ3v) is 4.05. The van der Waals surface area contributed by atoms with Crippen molar-refractivity contribution in [3.8, 4) is 0 Å². The molecule has 0 aliphatic rings. The number of fused-ring (bicyclic) bond motifs is 1. The van der Waals surface area contributed by atoms with Crippen molar-refractivity contribution in [2.45, 2.75) is 25.9 Å². The number of nitrogens with one attached hydrogen (secondary N) is 1. The van der Waals surface area contributed by atoms with Gasteiger partial charge in [-0.05, 0) is 31.5 Å². The molecule has 2 aromatic heterocycles. The summed E-state index contributed by atoms with van der Waals surface area (Å²) < 4.78 is 3.51. The van der Waals surface area contributed by atoms with E-state index in [1.165, 1.54) is 6.07 Å². The van der Waals surface area contributed by atoms with E-state index in [4.69, 9.17) is 0 Å². The number of benzene rings is 1. The Kier molecular flexibility index (Phi) is 4.74. The van der Waals surface area contributed by atoms with Gasteiger partial charge in [-0.15, -0.1) is 0 Å². The van der Waals surface area contributed by atoms with Crippen LogP contribution in [0, 0.1) is 0 Å². The van der Waals surface area contributed by atoms with Crippen LogP contribution in [-0.2, 0) is 11.3 Å². The van der Waals surface area contributed by atoms with Crippen molar-refractivity contribution in [2.24, 2.45) is 0 Å². The van der Waals surface area contributed by atoms with Crippen LogP contribution < -0.4 is 10.9 Å². The highest BCUT2D eigenvalue weighted by molar-refractivity contribution is 5.83. The summed E-state index contributed by atoms with van der Waals surface area (Å²) in [5, 5.41) is 2.92. The number of aryl methyl sites for hydroxylation is 1. The van der Waals surface area contributed by atoms with E-state index in [9.17, 15) is 9.59 Å². The summed E-state index contributed by atoms with van der Waals surface area (Å²) in [6.07, 6.45) is 4.15. The Balaban J connectivity index is 1.55. The number of rotatable bonds is 6. The molecule has 0 saturated heterocycles. The first-order valence-corrected chi connectivity index (χ1v) is 8.01. The van der Waals surface area contributed by atoms with E-state index in [1.807, 2.05) is 41.8 Å². The molecule has 0 bridgehead atoms.